The monoisotopic (exact) mass is 481 g/mol. The second kappa shape index (κ2) is 9.78. The summed E-state index contributed by atoms with van der Waals surface area (Å²) < 4.78 is 2.98. The topological polar surface area (TPSA) is 30.2 Å². The van der Waals surface area contributed by atoms with Crippen molar-refractivity contribution < 1.29 is 0 Å². The van der Waals surface area contributed by atoms with Gasteiger partial charge >= 0.3 is 0 Å². The van der Waals surface area contributed by atoms with Gasteiger partial charge in [0, 0.05) is 37.6 Å². The van der Waals surface area contributed by atoms with Crippen LogP contribution in [0.4, 0.5) is 0 Å². The third-order valence-corrected chi connectivity index (χ3v) is 6.15. The van der Waals surface area contributed by atoms with E-state index in [0.29, 0.717) is 10.0 Å². The molecular weight excluding hydrogens is 465 g/mol. The lowest BCUT2D eigenvalue weighted by atomic mass is 10.1. The number of thioether (sulfide) groups is 1. The van der Waals surface area contributed by atoms with Gasteiger partial charge in [0.2, 0.25) is 0 Å². The number of hydrogen-bond donors (Lipinski definition) is 0. The Morgan fingerprint density at radius 1 is 1.22 bits per heavy atom. The van der Waals surface area contributed by atoms with Gasteiger partial charge in [0.1, 0.15) is 12.2 Å². The van der Waals surface area contributed by atoms with Crippen LogP contribution in [0.1, 0.15) is 24.9 Å². The SMILES string of the molecule is CC(=NC(CCSc1ccc(Br)cc1)c1ccc(Cl)cc1Cl)n1ccnc1. The molecule has 1 atom stereocenters. The van der Waals surface area contributed by atoms with Crippen LogP contribution in [0.5, 0.6) is 0 Å². The molecule has 0 aliphatic rings. The Bertz CT molecular complexity index is 911. The number of halogens is 3. The van der Waals surface area contributed by atoms with Gasteiger partial charge in [0.25, 0.3) is 0 Å². The second-order valence-corrected chi connectivity index (χ2v) is 8.85. The summed E-state index contributed by atoms with van der Waals surface area (Å²) in [5, 5.41) is 1.27. The molecule has 3 rings (SSSR count). The first-order chi connectivity index (χ1) is 13.0. The average molecular weight is 483 g/mol. The number of hydrogen-bond acceptors (Lipinski definition) is 3. The Hall–Kier alpha value is -1.27. The first-order valence-corrected chi connectivity index (χ1v) is 10.9. The lowest BCUT2D eigenvalue weighted by Gasteiger charge is -2.16. The van der Waals surface area contributed by atoms with E-state index in [-0.39, 0.29) is 6.04 Å². The lowest BCUT2D eigenvalue weighted by Crippen LogP contribution is -2.09. The summed E-state index contributed by atoms with van der Waals surface area (Å²) in [5.41, 5.74) is 0.983. The zero-order chi connectivity index (χ0) is 19.2. The lowest BCUT2D eigenvalue weighted by molar-refractivity contribution is 0.702. The van der Waals surface area contributed by atoms with Crippen molar-refractivity contribution in [2.75, 3.05) is 5.75 Å². The van der Waals surface area contributed by atoms with Crippen LogP contribution in [0.15, 0.2) is 75.5 Å². The smallest absolute Gasteiger partial charge is 0.106 e. The minimum atomic E-state index is -0.0554. The molecule has 0 bridgehead atoms. The van der Waals surface area contributed by atoms with Crippen molar-refractivity contribution in [3.63, 3.8) is 0 Å². The zero-order valence-corrected chi connectivity index (χ0v) is 18.6. The number of aromatic nitrogens is 2. The summed E-state index contributed by atoms with van der Waals surface area (Å²) in [6.07, 6.45) is 6.23. The molecular formula is C20H18BrCl2N3S. The molecule has 140 valence electrons. The molecule has 27 heavy (non-hydrogen) atoms. The van der Waals surface area contributed by atoms with Gasteiger partial charge in [-0.25, -0.2) is 4.98 Å². The largest absolute Gasteiger partial charge is 0.295 e. The molecule has 0 aliphatic carbocycles. The molecule has 0 fully saturated rings. The third-order valence-electron chi connectivity index (χ3n) is 4.02. The minimum absolute atomic E-state index is 0.0554. The molecule has 1 heterocycles. The maximum absolute atomic E-state index is 6.46. The second-order valence-electron chi connectivity index (χ2n) is 5.92. The Morgan fingerprint density at radius 2 is 2.00 bits per heavy atom. The van der Waals surface area contributed by atoms with Gasteiger partial charge in [-0.2, -0.15) is 0 Å². The van der Waals surface area contributed by atoms with E-state index in [1.165, 1.54) is 4.90 Å². The van der Waals surface area contributed by atoms with Crippen molar-refractivity contribution in [3.8, 4) is 0 Å². The molecule has 0 saturated heterocycles. The van der Waals surface area contributed by atoms with E-state index in [1.54, 1.807) is 18.6 Å². The quantitative estimate of drug-likeness (QED) is 0.212. The predicted octanol–water partition coefficient (Wildman–Crippen LogP) is 7.14. The molecule has 0 amide bonds. The maximum Gasteiger partial charge on any atom is 0.106 e. The van der Waals surface area contributed by atoms with Crippen LogP contribution >= 0.6 is 50.9 Å². The van der Waals surface area contributed by atoms with Gasteiger partial charge in [-0.05, 0) is 55.3 Å². The highest BCUT2D eigenvalue weighted by Gasteiger charge is 2.15. The van der Waals surface area contributed by atoms with Crippen LogP contribution in [-0.4, -0.2) is 21.1 Å². The fourth-order valence-electron chi connectivity index (χ4n) is 2.62. The Labute approximate surface area is 182 Å². The molecule has 0 saturated carbocycles. The number of rotatable bonds is 6. The van der Waals surface area contributed by atoms with Crippen LogP contribution in [0.25, 0.3) is 0 Å². The first kappa shape index (κ1) is 20.5. The normalized spacial score (nSPS) is 13.0. The third kappa shape index (κ3) is 5.85. The highest BCUT2D eigenvalue weighted by Crippen LogP contribution is 2.33. The van der Waals surface area contributed by atoms with Crippen LogP contribution in [0.2, 0.25) is 10.0 Å². The Balaban J connectivity index is 1.78. The molecule has 1 unspecified atom stereocenters. The minimum Gasteiger partial charge on any atom is -0.295 e. The van der Waals surface area contributed by atoms with E-state index < -0.39 is 0 Å². The van der Waals surface area contributed by atoms with E-state index in [2.05, 4.69) is 45.2 Å². The average Bonchev–Trinajstić information content (AvgIpc) is 3.17. The molecule has 7 heteroatoms. The number of aliphatic imine (C=N–C) groups is 1. The summed E-state index contributed by atoms with van der Waals surface area (Å²) in [5.74, 6) is 1.79. The fraction of sp³-hybridized carbons (Fsp3) is 0.200. The number of nitrogens with zero attached hydrogens (tertiary/aromatic N) is 3. The number of imidazole rings is 1. The molecule has 0 aliphatic heterocycles. The molecule has 2 aromatic carbocycles. The standard InChI is InChI=1S/C20H18BrCl2N3S/c1-14(26-10-9-24-13-26)25-20(18-7-4-16(22)12-19(18)23)8-11-27-17-5-2-15(21)3-6-17/h2-7,9-10,12-13,20H,8,11H2,1H3. The molecule has 3 nitrogen and oxygen atoms in total. The van der Waals surface area contributed by atoms with E-state index in [0.717, 1.165) is 28.0 Å². The molecule has 0 radical (unpaired) electrons. The summed E-state index contributed by atoms with van der Waals surface area (Å²) in [6, 6.07) is 13.9. The van der Waals surface area contributed by atoms with E-state index >= 15 is 0 Å². The van der Waals surface area contributed by atoms with E-state index in [1.807, 2.05) is 41.6 Å². The highest BCUT2D eigenvalue weighted by molar-refractivity contribution is 9.10. The molecule has 1 aromatic heterocycles. The summed E-state index contributed by atoms with van der Waals surface area (Å²) in [6.45, 7) is 1.97. The Morgan fingerprint density at radius 3 is 2.67 bits per heavy atom. The highest BCUT2D eigenvalue weighted by atomic mass is 79.9. The van der Waals surface area contributed by atoms with Crippen LogP contribution in [-0.2, 0) is 0 Å². The number of benzene rings is 2. The van der Waals surface area contributed by atoms with Crippen LogP contribution in [0, 0.1) is 0 Å². The molecule has 0 spiro atoms. The van der Waals surface area contributed by atoms with Crippen molar-refractivity contribution in [2.45, 2.75) is 24.3 Å². The van der Waals surface area contributed by atoms with Crippen LogP contribution < -0.4 is 0 Å². The van der Waals surface area contributed by atoms with Gasteiger partial charge in [0.15, 0.2) is 0 Å². The van der Waals surface area contributed by atoms with Gasteiger partial charge in [-0.3, -0.25) is 9.56 Å². The van der Waals surface area contributed by atoms with Crippen LogP contribution in [0.3, 0.4) is 0 Å². The first-order valence-electron chi connectivity index (χ1n) is 8.39. The van der Waals surface area contributed by atoms with Gasteiger partial charge in [0.05, 0.1) is 6.04 Å². The molecule has 3 aromatic rings. The molecule has 0 N–H and O–H groups in total. The predicted molar refractivity (Wildman–Crippen MR) is 119 cm³/mol. The van der Waals surface area contributed by atoms with E-state index in [4.69, 9.17) is 28.2 Å². The Kier molecular flexibility index (Phi) is 7.41. The van der Waals surface area contributed by atoms with Crippen molar-refractivity contribution >= 4 is 56.7 Å². The van der Waals surface area contributed by atoms with Gasteiger partial charge in [-0.1, -0.05) is 45.2 Å². The van der Waals surface area contributed by atoms with Crippen molar-refractivity contribution in [2.24, 2.45) is 4.99 Å². The fourth-order valence-corrected chi connectivity index (χ4v) is 4.33. The van der Waals surface area contributed by atoms with Crippen molar-refractivity contribution in [3.05, 3.63) is 81.3 Å². The van der Waals surface area contributed by atoms with Crippen molar-refractivity contribution in [1.29, 1.82) is 0 Å². The van der Waals surface area contributed by atoms with Gasteiger partial charge < -0.3 is 0 Å². The maximum atomic E-state index is 6.46. The zero-order valence-electron chi connectivity index (χ0n) is 14.6. The van der Waals surface area contributed by atoms with Gasteiger partial charge in [-0.15, -0.1) is 11.8 Å². The summed E-state index contributed by atoms with van der Waals surface area (Å²) in [4.78, 5) is 10.2. The summed E-state index contributed by atoms with van der Waals surface area (Å²) >= 11 is 17.8. The van der Waals surface area contributed by atoms with Crippen molar-refractivity contribution in [1.82, 2.24) is 9.55 Å². The summed E-state index contributed by atoms with van der Waals surface area (Å²) in [7, 11) is 0. The van der Waals surface area contributed by atoms with E-state index in [9.17, 15) is 0 Å².